The summed E-state index contributed by atoms with van der Waals surface area (Å²) in [6.07, 6.45) is 0.198. The molecule has 2 amide bonds. The van der Waals surface area contributed by atoms with Gasteiger partial charge in [0.25, 0.3) is 0 Å². The van der Waals surface area contributed by atoms with Crippen LogP contribution in [0.3, 0.4) is 0 Å². The molecule has 1 atom stereocenters. The third-order valence-electron chi connectivity index (χ3n) is 4.54. The van der Waals surface area contributed by atoms with Crippen molar-refractivity contribution in [1.82, 2.24) is 0 Å². The molecule has 30 heavy (non-hydrogen) atoms. The predicted molar refractivity (Wildman–Crippen MR) is 126 cm³/mol. The van der Waals surface area contributed by atoms with Gasteiger partial charge in [-0.25, -0.2) is 4.90 Å². The molecule has 1 aliphatic rings. The van der Waals surface area contributed by atoms with E-state index in [4.69, 9.17) is 12.2 Å². The third kappa shape index (κ3) is 4.69. The molecule has 0 bridgehead atoms. The lowest BCUT2D eigenvalue weighted by Gasteiger charge is -2.15. The Morgan fingerprint density at radius 3 is 2.03 bits per heavy atom. The maximum absolute atomic E-state index is 12.8. The van der Waals surface area contributed by atoms with Gasteiger partial charge in [-0.1, -0.05) is 36.4 Å². The van der Waals surface area contributed by atoms with E-state index in [0.717, 1.165) is 16.3 Å². The quantitative estimate of drug-likeness (QED) is 0.440. The van der Waals surface area contributed by atoms with Crippen LogP contribution in [0, 0.1) is 0 Å². The number of imide groups is 1. The topological polar surface area (TPSA) is 61.4 Å². The van der Waals surface area contributed by atoms with Crippen molar-refractivity contribution in [3.8, 4) is 0 Å². The number of nitrogens with zero attached hydrogens (tertiary/aromatic N) is 1. The number of anilines is 3. The van der Waals surface area contributed by atoms with Crippen LogP contribution in [0.5, 0.6) is 0 Å². The minimum absolute atomic E-state index is 0.167. The molecule has 7 heteroatoms. The van der Waals surface area contributed by atoms with Gasteiger partial charge in [-0.3, -0.25) is 9.59 Å². The van der Waals surface area contributed by atoms with Gasteiger partial charge in [0.2, 0.25) is 11.8 Å². The number of nitrogens with one attached hydrogen (secondary N) is 2. The van der Waals surface area contributed by atoms with Gasteiger partial charge < -0.3 is 10.6 Å². The largest absolute Gasteiger partial charge is 0.332 e. The number of rotatable bonds is 5. The van der Waals surface area contributed by atoms with Crippen molar-refractivity contribution in [2.75, 3.05) is 15.5 Å². The molecule has 2 N–H and O–H groups in total. The molecule has 0 aromatic heterocycles. The van der Waals surface area contributed by atoms with Crippen LogP contribution in [0.1, 0.15) is 6.42 Å². The van der Waals surface area contributed by atoms with E-state index in [0.29, 0.717) is 10.8 Å². The van der Waals surface area contributed by atoms with E-state index >= 15 is 0 Å². The summed E-state index contributed by atoms with van der Waals surface area (Å²) in [6, 6.07) is 26.4. The molecular weight excluding hydrogens is 414 g/mol. The number of thiocarbonyl (C=S) groups is 1. The van der Waals surface area contributed by atoms with Crippen LogP contribution >= 0.6 is 24.0 Å². The minimum Gasteiger partial charge on any atom is -0.332 e. The smallest absolute Gasteiger partial charge is 0.247 e. The van der Waals surface area contributed by atoms with Crippen LogP contribution in [-0.2, 0) is 9.59 Å². The van der Waals surface area contributed by atoms with E-state index in [1.807, 2.05) is 72.8 Å². The molecule has 0 spiro atoms. The Kier molecular flexibility index (Phi) is 6.11. The lowest BCUT2D eigenvalue weighted by molar-refractivity contribution is -0.121. The molecule has 1 fully saturated rings. The summed E-state index contributed by atoms with van der Waals surface area (Å²) >= 11 is 6.74. The zero-order valence-corrected chi connectivity index (χ0v) is 17.6. The molecular formula is C23H19N3O2S2. The first kappa shape index (κ1) is 20.1. The molecule has 3 aromatic rings. The molecule has 1 heterocycles. The fourth-order valence-electron chi connectivity index (χ4n) is 3.14. The number of carbonyl (C=O) groups is 2. The first-order chi connectivity index (χ1) is 14.6. The summed E-state index contributed by atoms with van der Waals surface area (Å²) in [5.74, 6) is -0.342. The molecule has 0 unspecified atom stereocenters. The van der Waals surface area contributed by atoms with Gasteiger partial charge in [-0.15, -0.1) is 11.8 Å². The van der Waals surface area contributed by atoms with E-state index in [-0.39, 0.29) is 18.2 Å². The summed E-state index contributed by atoms with van der Waals surface area (Å²) in [7, 11) is 0. The van der Waals surface area contributed by atoms with Gasteiger partial charge in [0.15, 0.2) is 5.11 Å². The molecule has 5 nitrogen and oxygen atoms in total. The number of para-hydroxylation sites is 2. The fraction of sp³-hybridized carbons (Fsp3) is 0.0870. The molecule has 1 saturated heterocycles. The zero-order valence-electron chi connectivity index (χ0n) is 15.9. The number of hydrogen-bond donors (Lipinski definition) is 2. The van der Waals surface area contributed by atoms with Gasteiger partial charge in [0, 0.05) is 22.7 Å². The van der Waals surface area contributed by atoms with Crippen LogP contribution in [0.2, 0.25) is 0 Å². The maximum atomic E-state index is 12.8. The van der Waals surface area contributed by atoms with E-state index in [2.05, 4.69) is 10.6 Å². The summed E-state index contributed by atoms with van der Waals surface area (Å²) in [5, 5.41) is 6.34. The van der Waals surface area contributed by atoms with Crippen LogP contribution in [0.25, 0.3) is 0 Å². The number of benzene rings is 3. The van der Waals surface area contributed by atoms with Gasteiger partial charge in [0.1, 0.15) is 0 Å². The van der Waals surface area contributed by atoms with Gasteiger partial charge in [0.05, 0.1) is 10.9 Å². The van der Waals surface area contributed by atoms with E-state index < -0.39 is 5.25 Å². The Hall–Kier alpha value is -3.16. The summed E-state index contributed by atoms with van der Waals surface area (Å²) in [6.45, 7) is 0. The Morgan fingerprint density at radius 1 is 0.833 bits per heavy atom. The standard InChI is InChI=1S/C23H19N3O2S2/c27-21-15-20(22(28)26(21)18-9-5-2-6-10-18)30-19-13-11-17(12-14-19)25-23(29)24-16-7-3-1-4-8-16/h1-14,20H,15H2,(H2,24,25,29)/t20-/m1/s1. The van der Waals surface area contributed by atoms with Crippen LogP contribution in [-0.4, -0.2) is 22.2 Å². The Balaban J connectivity index is 1.36. The fourth-order valence-corrected chi connectivity index (χ4v) is 4.43. The lowest BCUT2D eigenvalue weighted by Crippen LogP contribution is -2.30. The van der Waals surface area contributed by atoms with Crippen molar-refractivity contribution in [1.29, 1.82) is 0 Å². The summed E-state index contributed by atoms with van der Waals surface area (Å²) in [4.78, 5) is 27.3. The second-order valence-corrected chi connectivity index (χ2v) is 8.37. The first-order valence-electron chi connectivity index (χ1n) is 9.42. The number of amides is 2. The molecule has 0 radical (unpaired) electrons. The number of hydrogen-bond acceptors (Lipinski definition) is 4. The van der Waals surface area contributed by atoms with Gasteiger partial charge >= 0.3 is 0 Å². The molecule has 3 aromatic carbocycles. The Morgan fingerprint density at radius 2 is 1.40 bits per heavy atom. The number of carbonyl (C=O) groups excluding carboxylic acids is 2. The summed E-state index contributed by atoms with van der Waals surface area (Å²) in [5.41, 5.74) is 2.37. The second kappa shape index (κ2) is 9.11. The molecule has 0 aliphatic carbocycles. The highest BCUT2D eigenvalue weighted by atomic mass is 32.2. The second-order valence-electron chi connectivity index (χ2n) is 6.68. The highest BCUT2D eigenvalue weighted by Gasteiger charge is 2.39. The van der Waals surface area contributed by atoms with Crippen molar-refractivity contribution in [3.05, 3.63) is 84.9 Å². The van der Waals surface area contributed by atoms with Crippen LogP contribution < -0.4 is 15.5 Å². The van der Waals surface area contributed by atoms with Crippen LogP contribution in [0.4, 0.5) is 17.1 Å². The first-order valence-corrected chi connectivity index (χ1v) is 10.7. The Labute approximate surface area is 184 Å². The highest BCUT2D eigenvalue weighted by molar-refractivity contribution is 8.00. The zero-order chi connectivity index (χ0) is 20.9. The molecule has 0 saturated carbocycles. The lowest BCUT2D eigenvalue weighted by atomic mass is 10.3. The van der Waals surface area contributed by atoms with Crippen molar-refractivity contribution in [3.63, 3.8) is 0 Å². The minimum atomic E-state index is -0.419. The van der Waals surface area contributed by atoms with Crippen molar-refractivity contribution >= 4 is 58.0 Å². The van der Waals surface area contributed by atoms with Crippen molar-refractivity contribution in [2.24, 2.45) is 0 Å². The monoisotopic (exact) mass is 433 g/mol. The van der Waals surface area contributed by atoms with E-state index in [1.165, 1.54) is 16.7 Å². The molecule has 150 valence electrons. The third-order valence-corrected chi connectivity index (χ3v) is 5.94. The van der Waals surface area contributed by atoms with Crippen LogP contribution in [0.15, 0.2) is 89.8 Å². The summed E-state index contributed by atoms with van der Waals surface area (Å²) < 4.78 is 0. The van der Waals surface area contributed by atoms with E-state index in [1.54, 1.807) is 12.1 Å². The van der Waals surface area contributed by atoms with Crippen molar-refractivity contribution < 1.29 is 9.59 Å². The Bertz CT molecular complexity index is 1060. The normalized spacial score (nSPS) is 15.9. The number of thioether (sulfide) groups is 1. The van der Waals surface area contributed by atoms with Gasteiger partial charge in [-0.05, 0) is 60.7 Å². The maximum Gasteiger partial charge on any atom is 0.247 e. The average Bonchev–Trinajstić information content (AvgIpc) is 3.03. The molecule has 4 rings (SSSR count). The van der Waals surface area contributed by atoms with Gasteiger partial charge in [-0.2, -0.15) is 0 Å². The SMILES string of the molecule is O=C1C[C@@H](Sc2ccc(NC(=S)Nc3ccccc3)cc2)C(=O)N1c1ccccc1. The predicted octanol–water partition coefficient (Wildman–Crippen LogP) is 4.92. The van der Waals surface area contributed by atoms with E-state index in [9.17, 15) is 9.59 Å². The average molecular weight is 434 g/mol. The highest BCUT2D eigenvalue weighted by Crippen LogP contribution is 2.34. The van der Waals surface area contributed by atoms with Crippen molar-refractivity contribution in [2.45, 2.75) is 16.6 Å². The molecule has 1 aliphatic heterocycles.